The number of para-hydroxylation sites is 1. The quantitative estimate of drug-likeness (QED) is 0.275. The number of carbonyl (C=O) groups excluding carboxylic acids is 1. The average Bonchev–Trinajstić information content (AvgIpc) is 3.66. The second-order valence-corrected chi connectivity index (χ2v) is 9.27. The molecule has 2 atom stereocenters. The first-order chi connectivity index (χ1) is 18.4. The van der Waals surface area contributed by atoms with E-state index in [-0.39, 0.29) is 0 Å². The maximum Gasteiger partial charge on any atom is 0.321 e. The van der Waals surface area contributed by atoms with Gasteiger partial charge >= 0.3 is 6.03 Å². The molecule has 0 spiro atoms. The van der Waals surface area contributed by atoms with Crippen LogP contribution in [0.25, 0.3) is 5.69 Å². The summed E-state index contributed by atoms with van der Waals surface area (Å²) in [4.78, 5) is 13.6. The van der Waals surface area contributed by atoms with Crippen LogP contribution in [0.5, 0.6) is 5.88 Å². The van der Waals surface area contributed by atoms with E-state index in [0.29, 0.717) is 48.1 Å². The van der Waals surface area contributed by atoms with Crippen molar-refractivity contribution in [2.45, 2.75) is 31.7 Å². The van der Waals surface area contributed by atoms with Gasteiger partial charge in [0.2, 0.25) is 5.88 Å². The van der Waals surface area contributed by atoms with Gasteiger partial charge in [0, 0.05) is 30.8 Å². The number of aromatic amines is 1. The molecule has 1 aliphatic rings. The lowest BCUT2D eigenvalue weighted by Crippen LogP contribution is -2.52. The number of amides is 2. The van der Waals surface area contributed by atoms with E-state index in [1.165, 1.54) is 12.1 Å². The monoisotopic (exact) mass is 521 g/mol. The van der Waals surface area contributed by atoms with E-state index in [0.717, 1.165) is 18.2 Å². The summed E-state index contributed by atoms with van der Waals surface area (Å²) in [5.41, 5.74) is 1.69. The van der Waals surface area contributed by atoms with Gasteiger partial charge < -0.3 is 15.4 Å². The fourth-order valence-corrected chi connectivity index (χ4v) is 4.90. The zero-order valence-electron chi connectivity index (χ0n) is 21.1. The Labute approximate surface area is 218 Å². The van der Waals surface area contributed by atoms with Crippen molar-refractivity contribution < 1.29 is 18.3 Å². The summed E-state index contributed by atoms with van der Waals surface area (Å²) in [5, 5.41) is 20.8. The molecule has 3 heterocycles. The minimum absolute atomic E-state index is 0.353. The Morgan fingerprint density at radius 1 is 1.21 bits per heavy atom. The van der Waals surface area contributed by atoms with E-state index in [9.17, 15) is 13.6 Å². The summed E-state index contributed by atoms with van der Waals surface area (Å²) < 4.78 is 35.3. The third kappa shape index (κ3) is 4.72. The van der Waals surface area contributed by atoms with Crippen LogP contribution in [-0.2, 0) is 5.54 Å². The predicted molar refractivity (Wildman–Crippen MR) is 138 cm³/mol. The van der Waals surface area contributed by atoms with E-state index >= 15 is 0 Å². The Hall–Kier alpha value is -4.25. The molecular formula is C27H29F2N7O2. The van der Waals surface area contributed by atoms with Gasteiger partial charge in [0.25, 0.3) is 0 Å². The normalized spacial score (nSPS) is 18.9. The fraction of sp³-hybridized carbons (Fsp3) is 0.296. The van der Waals surface area contributed by atoms with Crippen LogP contribution in [0.4, 0.5) is 19.4 Å². The van der Waals surface area contributed by atoms with Crippen molar-refractivity contribution in [3.05, 3.63) is 89.2 Å². The summed E-state index contributed by atoms with van der Waals surface area (Å²) in [6, 6.07) is 12.7. The van der Waals surface area contributed by atoms with Gasteiger partial charge in [-0.3, -0.25) is 10.4 Å². The molecule has 2 aromatic heterocycles. The average molecular weight is 522 g/mol. The minimum Gasteiger partial charge on any atom is -0.476 e. The van der Waals surface area contributed by atoms with Crippen LogP contribution in [0, 0.1) is 18.6 Å². The van der Waals surface area contributed by atoms with Crippen molar-refractivity contribution in [2.24, 2.45) is 0 Å². The molecule has 2 amide bonds. The van der Waals surface area contributed by atoms with E-state index in [2.05, 4.69) is 31.2 Å². The SMILES string of the molecule is CCCOc1nn(-c2ccccc2)c(NC(=O)N[C@@]2(c3cn[nH]c3)CNC[C@H]2c2ccc(F)c(F)c2)c1C. The molecule has 0 aliphatic carbocycles. The fourth-order valence-electron chi connectivity index (χ4n) is 4.90. The second kappa shape index (κ2) is 10.6. The van der Waals surface area contributed by atoms with Crippen molar-refractivity contribution in [3.8, 4) is 11.6 Å². The maximum absolute atomic E-state index is 14.2. The lowest BCUT2D eigenvalue weighted by Gasteiger charge is -2.35. The van der Waals surface area contributed by atoms with Gasteiger partial charge in [0.05, 0.1) is 29.6 Å². The Kier molecular flexibility index (Phi) is 7.10. The molecule has 1 aliphatic heterocycles. The van der Waals surface area contributed by atoms with Crippen LogP contribution in [0.15, 0.2) is 60.9 Å². The van der Waals surface area contributed by atoms with Gasteiger partial charge in [-0.25, -0.2) is 18.3 Å². The van der Waals surface area contributed by atoms with E-state index in [1.807, 2.05) is 44.2 Å². The molecule has 11 heteroatoms. The number of nitrogens with one attached hydrogen (secondary N) is 4. The van der Waals surface area contributed by atoms with Gasteiger partial charge in [0.15, 0.2) is 11.6 Å². The van der Waals surface area contributed by atoms with Crippen molar-refractivity contribution in [1.29, 1.82) is 0 Å². The van der Waals surface area contributed by atoms with Gasteiger partial charge in [-0.15, -0.1) is 5.10 Å². The number of rotatable bonds is 8. The predicted octanol–water partition coefficient (Wildman–Crippen LogP) is 4.37. The van der Waals surface area contributed by atoms with Crippen LogP contribution in [0.3, 0.4) is 0 Å². The van der Waals surface area contributed by atoms with E-state index < -0.39 is 29.1 Å². The molecule has 0 radical (unpaired) electrons. The summed E-state index contributed by atoms with van der Waals surface area (Å²) in [6.45, 7) is 5.12. The number of anilines is 1. The lowest BCUT2D eigenvalue weighted by atomic mass is 9.78. The molecule has 5 rings (SSSR count). The molecule has 0 unspecified atom stereocenters. The summed E-state index contributed by atoms with van der Waals surface area (Å²) >= 11 is 0. The van der Waals surface area contributed by atoms with Crippen LogP contribution in [0.2, 0.25) is 0 Å². The molecule has 198 valence electrons. The highest BCUT2D eigenvalue weighted by Gasteiger charge is 2.47. The van der Waals surface area contributed by atoms with Gasteiger partial charge in [0.1, 0.15) is 5.82 Å². The number of carbonyl (C=O) groups is 1. The van der Waals surface area contributed by atoms with Crippen molar-refractivity contribution in [2.75, 3.05) is 25.0 Å². The Balaban J connectivity index is 1.49. The Morgan fingerprint density at radius 2 is 2.03 bits per heavy atom. The van der Waals surface area contributed by atoms with Gasteiger partial charge in [-0.2, -0.15) is 5.10 Å². The highest BCUT2D eigenvalue weighted by atomic mass is 19.2. The number of halogens is 2. The maximum atomic E-state index is 14.2. The highest BCUT2D eigenvalue weighted by Crippen LogP contribution is 2.40. The van der Waals surface area contributed by atoms with Crippen LogP contribution in [-0.4, -0.2) is 45.7 Å². The molecule has 1 fully saturated rings. The number of nitrogens with zero attached hydrogens (tertiary/aromatic N) is 3. The number of urea groups is 1. The molecule has 1 saturated heterocycles. The first kappa shape index (κ1) is 25.4. The number of ether oxygens (including phenoxy) is 1. The van der Waals surface area contributed by atoms with Crippen LogP contribution >= 0.6 is 0 Å². The molecule has 4 aromatic rings. The van der Waals surface area contributed by atoms with Crippen LogP contribution < -0.4 is 20.7 Å². The first-order valence-electron chi connectivity index (χ1n) is 12.4. The lowest BCUT2D eigenvalue weighted by molar-refractivity contribution is 0.234. The van der Waals surface area contributed by atoms with Crippen molar-refractivity contribution >= 4 is 11.8 Å². The minimum atomic E-state index is -0.992. The number of hydrogen-bond acceptors (Lipinski definition) is 5. The van der Waals surface area contributed by atoms with E-state index in [4.69, 9.17) is 4.74 Å². The zero-order valence-corrected chi connectivity index (χ0v) is 21.1. The van der Waals surface area contributed by atoms with Crippen LogP contribution in [0.1, 0.15) is 36.0 Å². The molecule has 2 aromatic carbocycles. The molecule has 9 nitrogen and oxygen atoms in total. The number of benzene rings is 2. The molecular weight excluding hydrogens is 492 g/mol. The summed E-state index contributed by atoms with van der Waals surface area (Å²) in [7, 11) is 0. The summed E-state index contributed by atoms with van der Waals surface area (Å²) in [5.74, 6) is -1.38. The zero-order chi connectivity index (χ0) is 26.7. The topological polar surface area (TPSA) is 109 Å². The number of aromatic nitrogens is 4. The molecule has 0 bridgehead atoms. The number of hydrogen-bond donors (Lipinski definition) is 4. The number of H-pyrrole nitrogens is 1. The highest BCUT2D eigenvalue weighted by molar-refractivity contribution is 5.90. The van der Waals surface area contributed by atoms with Crippen molar-refractivity contribution in [3.63, 3.8) is 0 Å². The smallest absolute Gasteiger partial charge is 0.321 e. The van der Waals surface area contributed by atoms with E-state index in [1.54, 1.807) is 17.1 Å². The molecule has 38 heavy (non-hydrogen) atoms. The largest absolute Gasteiger partial charge is 0.476 e. The Morgan fingerprint density at radius 3 is 2.74 bits per heavy atom. The third-order valence-corrected chi connectivity index (χ3v) is 6.80. The second-order valence-electron chi connectivity index (χ2n) is 9.27. The third-order valence-electron chi connectivity index (χ3n) is 6.80. The van der Waals surface area contributed by atoms with Gasteiger partial charge in [-0.05, 0) is 43.2 Å². The molecule has 0 saturated carbocycles. The van der Waals surface area contributed by atoms with Gasteiger partial charge in [-0.1, -0.05) is 31.2 Å². The first-order valence-corrected chi connectivity index (χ1v) is 12.4. The Bertz CT molecular complexity index is 1410. The van der Waals surface area contributed by atoms with Crippen molar-refractivity contribution in [1.82, 2.24) is 30.6 Å². The standard InChI is InChI=1S/C27H29F2N7O2/c1-3-11-38-25-17(2)24(36(35-25)20-7-5-4-6-8-20)33-26(37)34-27(19-13-31-32-14-19)16-30-15-21(27)18-9-10-22(28)23(29)12-18/h4-10,12-14,21,30H,3,11,15-16H2,1-2H3,(H,31,32)(H2,33,34,37)/t21-,27+/m0/s1. The summed E-state index contributed by atoms with van der Waals surface area (Å²) in [6.07, 6.45) is 4.12. The molecule has 4 N–H and O–H groups in total.